The smallest absolute Gasteiger partial charge is 0.271 e. The Labute approximate surface area is 156 Å². The van der Waals surface area contributed by atoms with Crippen molar-refractivity contribution in [2.24, 2.45) is 5.73 Å². The molecule has 0 saturated heterocycles. The first-order valence-electron chi connectivity index (χ1n) is 7.60. The Bertz CT molecular complexity index is 952. The highest BCUT2D eigenvalue weighted by atomic mass is 79.9. The van der Waals surface area contributed by atoms with Crippen molar-refractivity contribution in [3.63, 3.8) is 0 Å². The Balaban J connectivity index is 1.68. The SMILES string of the molecule is Cc1[nH]nc(C(N)=O)c1NC(=O)CCN1C(=O)c2ccc(Br)cc2C1=O. The van der Waals surface area contributed by atoms with Gasteiger partial charge in [-0.25, -0.2) is 0 Å². The number of amides is 4. The van der Waals surface area contributed by atoms with Crippen molar-refractivity contribution in [2.45, 2.75) is 13.3 Å². The maximum atomic E-state index is 12.4. The number of nitrogens with two attached hydrogens (primary N) is 1. The van der Waals surface area contributed by atoms with Gasteiger partial charge in [-0.15, -0.1) is 0 Å². The molecule has 10 heteroatoms. The van der Waals surface area contributed by atoms with Crippen molar-refractivity contribution in [2.75, 3.05) is 11.9 Å². The summed E-state index contributed by atoms with van der Waals surface area (Å²) in [4.78, 5) is 49.2. The molecule has 2 aromatic rings. The highest BCUT2D eigenvalue weighted by molar-refractivity contribution is 9.10. The Kier molecular flexibility index (Phi) is 4.60. The van der Waals surface area contributed by atoms with Crippen molar-refractivity contribution >= 4 is 45.2 Å². The van der Waals surface area contributed by atoms with Gasteiger partial charge in [-0.1, -0.05) is 15.9 Å². The Hall–Kier alpha value is -3.01. The fourth-order valence-electron chi connectivity index (χ4n) is 2.64. The van der Waals surface area contributed by atoms with Crippen LogP contribution in [0, 0.1) is 6.92 Å². The predicted octanol–water partition coefficient (Wildman–Crippen LogP) is 1.20. The van der Waals surface area contributed by atoms with Gasteiger partial charge in [0.05, 0.1) is 22.5 Å². The lowest BCUT2D eigenvalue weighted by atomic mass is 10.1. The molecule has 0 bridgehead atoms. The van der Waals surface area contributed by atoms with E-state index < -0.39 is 23.6 Å². The minimum atomic E-state index is -0.782. The number of imide groups is 1. The molecule has 26 heavy (non-hydrogen) atoms. The first kappa shape index (κ1) is 17.8. The van der Waals surface area contributed by atoms with Gasteiger partial charge in [-0.05, 0) is 25.1 Å². The van der Waals surface area contributed by atoms with E-state index in [-0.39, 0.29) is 24.3 Å². The van der Waals surface area contributed by atoms with Gasteiger partial charge in [0, 0.05) is 17.4 Å². The summed E-state index contributed by atoms with van der Waals surface area (Å²) in [6.07, 6.45) is -0.130. The number of carbonyl (C=O) groups excluding carboxylic acids is 4. The summed E-state index contributed by atoms with van der Waals surface area (Å²) in [6.45, 7) is 1.54. The number of aromatic nitrogens is 2. The lowest BCUT2D eigenvalue weighted by molar-refractivity contribution is -0.116. The molecule has 1 aliphatic rings. The van der Waals surface area contributed by atoms with E-state index in [4.69, 9.17) is 5.73 Å². The Morgan fingerprint density at radius 2 is 1.96 bits per heavy atom. The maximum absolute atomic E-state index is 12.4. The molecule has 0 saturated carbocycles. The molecule has 2 heterocycles. The summed E-state index contributed by atoms with van der Waals surface area (Å²) in [5, 5.41) is 8.83. The van der Waals surface area contributed by atoms with Crippen LogP contribution in [0.5, 0.6) is 0 Å². The minimum Gasteiger partial charge on any atom is -0.364 e. The van der Waals surface area contributed by atoms with E-state index >= 15 is 0 Å². The summed E-state index contributed by atoms with van der Waals surface area (Å²) in [5.74, 6) is -2.15. The van der Waals surface area contributed by atoms with Crippen molar-refractivity contribution in [3.05, 3.63) is 45.2 Å². The van der Waals surface area contributed by atoms with Crippen LogP contribution in [-0.2, 0) is 4.79 Å². The molecule has 0 fully saturated rings. The standard InChI is InChI=1S/C16H14BrN5O4/c1-7-12(13(14(18)24)21-20-7)19-11(23)4-5-22-15(25)9-3-2-8(17)6-10(9)16(22)26/h2-3,6H,4-5H2,1H3,(H2,18,24)(H,19,23)(H,20,21). The molecular formula is C16H14BrN5O4. The zero-order valence-corrected chi connectivity index (χ0v) is 15.2. The highest BCUT2D eigenvalue weighted by Crippen LogP contribution is 2.26. The zero-order chi connectivity index (χ0) is 19.0. The number of primary amides is 1. The van der Waals surface area contributed by atoms with Gasteiger partial charge in [-0.3, -0.25) is 29.2 Å². The Morgan fingerprint density at radius 1 is 1.27 bits per heavy atom. The number of halogens is 1. The van der Waals surface area contributed by atoms with Crippen molar-refractivity contribution in [3.8, 4) is 0 Å². The van der Waals surface area contributed by atoms with Crippen LogP contribution in [0.2, 0.25) is 0 Å². The van der Waals surface area contributed by atoms with E-state index in [0.29, 0.717) is 21.3 Å². The summed E-state index contributed by atoms with van der Waals surface area (Å²) < 4.78 is 0.686. The highest BCUT2D eigenvalue weighted by Gasteiger charge is 2.35. The molecular weight excluding hydrogens is 406 g/mol. The van der Waals surface area contributed by atoms with Gasteiger partial charge in [0.25, 0.3) is 17.7 Å². The van der Waals surface area contributed by atoms with Crippen LogP contribution >= 0.6 is 15.9 Å². The fourth-order valence-corrected chi connectivity index (χ4v) is 3.00. The number of H-pyrrole nitrogens is 1. The molecule has 9 nitrogen and oxygen atoms in total. The molecule has 1 aromatic carbocycles. The van der Waals surface area contributed by atoms with Crippen LogP contribution in [0.1, 0.15) is 43.3 Å². The topological polar surface area (TPSA) is 138 Å². The molecule has 4 N–H and O–H groups in total. The van der Waals surface area contributed by atoms with E-state index in [2.05, 4.69) is 31.4 Å². The van der Waals surface area contributed by atoms with Crippen LogP contribution < -0.4 is 11.1 Å². The third-order valence-corrected chi connectivity index (χ3v) is 4.43. The number of carbonyl (C=O) groups is 4. The van der Waals surface area contributed by atoms with Gasteiger partial charge in [0.2, 0.25) is 5.91 Å². The third kappa shape index (κ3) is 3.10. The van der Waals surface area contributed by atoms with Crippen LogP contribution in [-0.4, -0.2) is 45.3 Å². The number of nitrogens with one attached hydrogen (secondary N) is 2. The second-order valence-corrected chi connectivity index (χ2v) is 6.60. The second-order valence-electron chi connectivity index (χ2n) is 5.69. The number of anilines is 1. The Morgan fingerprint density at radius 3 is 2.65 bits per heavy atom. The lowest BCUT2D eigenvalue weighted by Crippen LogP contribution is -2.33. The molecule has 3 rings (SSSR count). The first-order chi connectivity index (χ1) is 12.3. The quantitative estimate of drug-likeness (QED) is 0.624. The van der Waals surface area contributed by atoms with Gasteiger partial charge in [0.15, 0.2) is 5.69 Å². The fraction of sp³-hybridized carbons (Fsp3) is 0.188. The molecule has 0 aliphatic carbocycles. The average molecular weight is 420 g/mol. The van der Waals surface area contributed by atoms with E-state index in [0.717, 1.165) is 4.90 Å². The van der Waals surface area contributed by atoms with E-state index in [1.165, 1.54) is 0 Å². The monoisotopic (exact) mass is 419 g/mol. The lowest BCUT2D eigenvalue weighted by Gasteiger charge is -2.13. The van der Waals surface area contributed by atoms with Gasteiger partial charge in [0.1, 0.15) is 0 Å². The van der Waals surface area contributed by atoms with E-state index in [1.807, 2.05) is 0 Å². The molecule has 4 amide bonds. The number of hydrogen-bond acceptors (Lipinski definition) is 5. The summed E-state index contributed by atoms with van der Waals surface area (Å²) in [5.41, 5.74) is 6.38. The predicted molar refractivity (Wildman–Crippen MR) is 94.6 cm³/mol. The van der Waals surface area contributed by atoms with Crippen molar-refractivity contribution in [1.82, 2.24) is 15.1 Å². The number of aryl methyl sites for hydroxylation is 1. The number of hydrogen-bond donors (Lipinski definition) is 3. The second kappa shape index (κ2) is 6.71. The van der Waals surface area contributed by atoms with Crippen LogP contribution in [0.15, 0.2) is 22.7 Å². The summed E-state index contributed by atoms with van der Waals surface area (Å²) in [7, 11) is 0. The third-order valence-electron chi connectivity index (χ3n) is 3.94. The van der Waals surface area contributed by atoms with Gasteiger partial charge in [-0.2, -0.15) is 5.10 Å². The number of nitrogens with zero attached hydrogens (tertiary/aromatic N) is 2. The van der Waals surface area contributed by atoms with Crippen LogP contribution in [0.3, 0.4) is 0 Å². The number of aromatic amines is 1. The van der Waals surface area contributed by atoms with Gasteiger partial charge < -0.3 is 11.1 Å². The first-order valence-corrected chi connectivity index (χ1v) is 8.39. The summed E-state index contributed by atoms with van der Waals surface area (Å²) >= 11 is 3.26. The molecule has 0 atom stereocenters. The normalized spacial score (nSPS) is 13.1. The maximum Gasteiger partial charge on any atom is 0.271 e. The molecule has 1 aromatic heterocycles. The molecule has 0 unspecified atom stereocenters. The average Bonchev–Trinajstić information content (AvgIpc) is 3.05. The number of fused-ring (bicyclic) bond motifs is 1. The molecule has 1 aliphatic heterocycles. The van der Waals surface area contributed by atoms with Crippen molar-refractivity contribution < 1.29 is 19.2 Å². The van der Waals surface area contributed by atoms with Gasteiger partial charge >= 0.3 is 0 Å². The van der Waals surface area contributed by atoms with Crippen LogP contribution in [0.25, 0.3) is 0 Å². The minimum absolute atomic E-state index is 0.0820. The van der Waals surface area contributed by atoms with Crippen molar-refractivity contribution in [1.29, 1.82) is 0 Å². The number of benzene rings is 1. The molecule has 134 valence electrons. The number of rotatable bonds is 5. The zero-order valence-electron chi connectivity index (χ0n) is 13.6. The summed E-state index contributed by atoms with van der Waals surface area (Å²) in [6, 6.07) is 4.81. The molecule has 0 spiro atoms. The van der Waals surface area contributed by atoms with Crippen LogP contribution in [0.4, 0.5) is 5.69 Å². The van der Waals surface area contributed by atoms with E-state index in [1.54, 1.807) is 25.1 Å². The largest absolute Gasteiger partial charge is 0.364 e. The van der Waals surface area contributed by atoms with E-state index in [9.17, 15) is 19.2 Å². The molecule has 0 radical (unpaired) electrons.